The molecule has 1 aliphatic carbocycles. The Morgan fingerprint density at radius 1 is 1.35 bits per heavy atom. The molecule has 1 heterocycles. The summed E-state index contributed by atoms with van der Waals surface area (Å²) >= 11 is 0. The largest absolute Gasteiger partial charge is 0.469 e. The number of rotatable bonds is 5. The fourth-order valence-corrected chi connectivity index (χ4v) is 3.05. The number of carbonyl (C=O) groups excluding carboxylic acids is 1. The van der Waals surface area contributed by atoms with E-state index >= 15 is 0 Å². The summed E-state index contributed by atoms with van der Waals surface area (Å²) in [5.74, 6) is 0.906. The quantitative estimate of drug-likeness (QED) is 0.738. The van der Waals surface area contributed by atoms with Crippen LogP contribution in [0.1, 0.15) is 32.1 Å². The fourth-order valence-electron chi connectivity index (χ4n) is 3.05. The number of methoxy groups -OCH3 is 1. The summed E-state index contributed by atoms with van der Waals surface area (Å²) in [5.41, 5.74) is 5.49. The molecule has 1 aliphatic heterocycles. The summed E-state index contributed by atoms with van der Waals surface area (Å²) in [6.07, 6.45) is 5.21. The van der Waals surface area contributed by atoms with Gasteiger partial charge in [0.2, 0.25) is 0 Å². The highest BCUT2D eigenvalue weighted by Crippen LogP contribution is 2.50. The Bertz CT molecular complexity index is 272. The van der Waals surface area contributed by atoms with Crippen LogP contribution >= 0.6 is 0 Å². The Balaban J connectivity index is 2.05. The number of nitrogens with two attached hydrogens (primary N) is 1. The van der Waals surface area contributed by atoms with Gasteiger partial charge in [0, 0.05) is 19.8 Å². The standard InChI is InChI=1S/C13H23NO3/c1-16-12(15)13(9-14,11-2-3-11)8-10-4-6-17-7-5-10/h10-11H,2-9,14H2,1H3. The minimum absolute atomic E-state index is 0.103. The van der Waals surface area contributed by atoms with Crippen molar-refractivity contribution in [2.45, 2.75) is 32.1 Å². The Hall–Kier alpha value is -0.610. The fraction of sp³-hybridized carbons (Fsp3) is 0.923. The molecule has 0 aromatic carbocycles. The second kappa shape index (κ2) is 5.36. The van der Waals surface area contributed by atoms with Gasteiger partial charge in [0.1, 0.15) is 0 Å². The first-order chi connectivity index (χ1) is 8.23. The molecule has 1 saturated heterocycles. The molecule has 4 nitrogen and oxygen atoms in total. The molecule has 2 aliphatic rings. The molecule has 0 aromatic rings. The number of hydrogen-bond acceptors (Lipinski definition) is 4. The van der Waals surface area contributed by atoms with E-state index in [0.29, 0.717) is 18.4 Å². The van der Waals surface area contributed by atoms with Gasteiger partial charge in [0.25, 0.3) is 0 Å². The van der Waals surface area contributed by atoms with Crippen molar-refractivity contribution in [2.24, 2.45) is 23.0 Å². The monoisotopic (exact) mass is 241 g/mol. The predicted octanol–water partition coefficient (Wildman–Crippen LogP) is 1.33. The van der Waals surface area contributed by atoms with E-state index in [4.69, 9.17) is 15.2 Å². The first-order valence-corrected chi connectivity index (χ1v) is 6.59. The van der Waals surface area contributed by atoms with Crippen molar-refractivity contribution in [3.05, 3.63) is 0 Å². The number of hydrogen-bond donors (Lipinski definition) is 1. The van der Waals surface area contributed by atoms with Crippen LogP contribution in [-0.4, -0.2) is 32.8 Å². The lowest BCUT2D eigenvalue weighted by molar-refractivity contribution is -0.155. The Morgan fingerprint density at radius 2 is 2.00 bits per heavy atom. The Labute approximate surface area is 103 Å². The van der Waals surface area contributed by atoms with E-state index < -0.39 is 5.41 Å². The van der Waals surface area contributed by atoms with Gasteiger partial charge in [-0.25, -0.2) is 0 Å². The van der Waals surface area contributed by atoms with Gasteiger partial charge in [-0.05, 0) is 43.9 Å². The molecule has 2 fully saturated rings. The van der Waals surface area contributed by atoms with Crippen LogP contribution in [0.2, 0.25) is 0 Å². The number of ether oxygens (including phenoxy) is 2. The lowest BCUT2D eigenvalue weighted by atomic mass is 9.73. The van der Waals surface area contributed by atoms with Crippen molar-refractivity contribution >= 4 is 5.97 Å². The summed E-state index contributed by atoms with van der Waals surface area (Å²) in [6.45, 7) is 2.05. The maximum Gasteiger partial charge on any atom is 0.313 e. The molecular formula is C13H23NO3. The third kappa shape index (κ3) is 2.63. The molecule has 1 atom stereocenters. The molecule has 0 bridgehead atoms. The lowest BCUT2D eigenvalue weighted by Gasteiger charge is -2.34. The SMILES string of the molecule is COC(=O)C(CN)(CC1CCOCC1)C1CC1. The second-order valence-corrected chi connectivity index (χ2v) is 5.39. The van der Waals surface area contributed by atoms with Crippen LogP contribution in [0.25, 0.3) is 0 Å². The topological polar surface area (TPSA) is 61.5 Å². The third-order valence-corrected chi connectivity index (χ3v) is 4.31. The van der Waals surface area contributed by atoms with Crippen LogP contribution in [0.5, 0.6) is 0 Å². The molecular weight excluding hydrogens is 218 g/mol. The van der Waals surface area contributed by atoms with Crippen molar-refractivity contribution in [1.82, 2.24) is 0 Å². The zero-order valence-electron chi connectivity index (χ0n) is 10.6. The third-order valence-electron chi connectivity index (χ3n) is 4.31. The van der Waals surface area contributed by atoms with Crippen molar-refractivity contribution in [3.63, 3.8) is 0 Å². The van der Waals surface area contributed by atoms with E-state index in [1.165, 1.54) is 7.11 Å². The van der Waals surface area contributed by atoms with Gasteiger partial charge in [-0.15, -0.1) is 0 Å². The van der Waals surface area contributed by atoms with Crippen LogP contribution in [0, 0.1) is 17.3 Å². The summed E-state index contributed by atoms with van der Waals surface area (Å²) in [7, 11) is 1.47. The molecule has 0 spiro atoms. The molecule has 4 heteroatoms. The maximum atomic E-state index is 12.1. The summed E-state index contributed by atoms with van der Waals surface area (Å²) < 4.78 is 10.4. The first-order valence-electron chi connectivity index (χ1n) is 6.59. The predicted molar refractivity (Wildman–Crippen MR) is 64.4 cm³/mol. The van der Waals surface area contributed by atoms with Crippen LogP contribution in [0.3, 0.4) is 0 Å². The summed E-state index contributed by atoms with van der Waals surface area (Å²) in [6, 6.07) is 0. The smallest absolute Gasteiger partial charge is 0.313 e. The average molecular weight is 241 g/mol. The average Bonchev–Trinajstić information content (AvgIpc) is 3.21. The van der Waals surface area contributed by atoms with E-state index in [0.717, 1.165) is 45.3 Å². The highest BCUT2D eigenvalue weighted by molar-refractivity contribution is 5.78. The highest BCUT2D eigenvalue weighted by atomic mass is 16.5. The van der Waals surface area contributed by atoms with Gasteiger partial charge in [-0.2, -0.15) is 0 Å². The first kappa shape index (κ1) is 12.8. The molecule has 0 radical (unpaired) electrons. The van der Waals surface area contributed by atoms with Crippen molar-refractivity contribution < 1.29 is 14.3 Å². The van der Waals surface area contributed by atoms with Gasteiger partial charge in [0.05, 0.1) is 12.5 Å². The zero-order valence-corrected chi connectivity index (χ0v) is 10.6. The maximum absolute atomic E-state index is 12.1. The van der Waals surface area contributed by atoms with E-state index in [1.54, 1.807) is 0 Å². The van der Waals surface area contributed by atoms with Crippen LogP contribution in [0.15, 0.2) is 0 Å². The van der Waals surface area contributed by atoms with E-state index in [1.807, 2.05) is 0 Å². The number of esters is 1. The highest BCUT2D eigenvalue weighted by Gasteiger charge is 2.51. The van der Waals surface area contributed by atoms with Crippen molar-refractivity contribution in [2.75, 3.05) is 26.9 Å². The van der Waals surface area contributed by atoms with Crippen LogP contribution < -0.4 is 5.73 Å². The molecule has 1 saturated carbocycles. The summed E-state index contributed by atoms with van der Waals surface area (Å²) in [4.78, 5) is 12.1. The van der Waals surface area contributed by atoms with Gasteiger partial charge in [-0.3, -0.25) is 4.79 Å². The van der Waals surface area contributed by atoms with E-state index in [2.05, 4.69) is 0 Å². The van der Waals surface area contributed by atoms with E-state index in [-0.39, 0.29) is 5.97 Å². The second-order valence-electron chi connectivity index (χ2n) is 5.39. The van der Waals surface area contributed by atoms with Gasteiger partial charge >= 0.3 is 5.97 Å². The van der Waals surface area contributed by atoms with Gasteiger partial charge in [-0.1, -0.05) is 0 Å². The zero-order chi connectivity index (χ0) is 12.3. The Kier molecular flexibility index (Phi) is 4.05. The molecule has 17 heavy (non-hydrogen) atoms. The van der Waals surface area contributed by atoms with Crippen LogP contribution in [-0.2, 0) is 14.3 Å². The molecule has 2 rings (SSSR count). The minimum Gasteiger partial charge on any atom is -0.469 e. The van der Waals surface area contributed by atoms with Gasteiger partial charge in [0.15, 0.2) is 0 Å². The minimum atomic E-state index is -0.420. The molecule has 2 N–H and O–H groups in total. The van der Waals surface area contributed by atoms with Crippen molar-refractivity contribution in [1.29, 1.82) is 0 Å². The molecule has 0 amide bonds. The normalized spacial score (nSPS) is 25.3. The summed E-state index contributed by atoms with van der Waals surface area (Å²) in [5, 5.41) is 0. The number of carbonyl (C=O) groups is 1. The molecule has 98 valence electrons. The van der Waals surface area contributed by atoms with E-state index in [9.17, 15) is 4.79 Å². The molecule has 0 aromatic heterocycles. The lowest BCUT2D eigenvalue weighted by Crippen LogP contribution is -2.43. The van der Waals surface area contributed by atoms with Crippen molar-refractivity contribution in [3.8, 4) is 0 Å². The van der Waals surface area contributed by atoms with Gasteiger partial charge < -0.3 is 15.2 Å². The Morgan fingerprint density at radius 3 is 2.47 bits per heavy atom. The van der Waals surface area contributed by atoms with Crippen LogP contribution in [0.4, 0.5) is 0 Å². The molecule has 1 unspecified atom stereocenters.